The number of aromatic nitrogens is 1. The van der Waals surface area contributed by atoms with E-state index in [2.05, 4.69) is 31.4 Å². The highest BCUT2D eigenvalue weighted by molar-refractivity contribution is 9.10. The first kappa shape index (κ1) is 16.3. The minimum absolute atomic E-state index is 0.172. The van der Waals surface area contributed by atoms with Crippen LogP contribution in [0.25, 0.3) is 11.3 Å². The lowest BCUT2D eigenvalue weighted by atomic mass is 10.2. The number of hydrogen-bond acceptors (Lipinski definition) is 5. The van der Waals surface area contributed by atoms with E-state index >= 15 is 0 Å². The molecule has 0 saturated heterocycles. The Morgan fingerprint density at radius 1 is 1.25 bits per heavy atom. The summed E-state index contributed by atoms with van der Waals surface area (Å²) in [5.41, 5.74) is 5.23. The number of benzene rings is 2. The summed E-state index contributed by atoms with van der Waals surface area (Å²) in [5, 5.41) is 15.8. The number of nitriles is 1. The zero-order valence-corrected chi connectivity index (χ0v) is 14.6. The predicted octanol–water partition coefficient (Wildman–Crippen LogP) is 5.05. The summed E-state index contributed by atoms with van der Waals surface area (Å²) in [4.78, 5) is 4.46. The zero-order valence-electron chi connectivity index (χ0n) is 12.2. The van der Waals surface area contributed by atoms with Gasteiger partial charge < -0.3 is 0 Å². The molecular weight excluding hydrogens is 391 g/mol. The van der Waals surface area contributed by atoms with E-state index in [1.165, 1.54) is 23.5 Å². The second kappa shape index (κ2) is 7.34. The third kappa shape index (κ3) is 3.85. The van der Waals surface area contributed by atoms with E-state index in [-0.39, 0.29) is 11.5 Å². The fourth-order valence-electron chi connectivity index (χ4n) is 1.93. The highest BCUT2D eigenvalue weighted by Crippen LogP contribution is 2.25. The van der Waals surface area contributed by atoms with E-state index in [0.29, 0.717) is 10.7 Å². The standard InChI is InChI=1S/C17H10BrFN4S/c18-12-3-1-2-11(8-12)16-10-24-17(21-16)15(9-20)23-22-14-6-4-13(19)5-7-14/h1-8,10,22H/b23-15-. The summed E-state index contributed by atoms with van der Waals surface area (Å²) in [7, 11) is 0. The third-order valence-corrected chi connectivity index (χ3v) is 4.42. The largest absolute Gasteiger partial charge is 0.277 e. The second-order valence-corrected chi connectivity index (χ2v) is 6.51. The highest BCUT2D eigenvalue weighted by Gasteiger charge is 2.10. The molecule has 118 valence electrons. The van der Waals surface area contributed by atoms with Crippen molar-refractivity contribution in [1.29, 1.82) is 5.26 Å². The monoisotopic (exact) mass is 400 g/mol. The van der Waals surface area contributed by atoms with Crippen molar-refractivity contribution in [3.8, 4) is 17.3 Å². The van der Waals surface area contributed by atoms with Crippen molar-refractivity contribution in [2.24, 2.45) is 5.10 Å². The van der Waals surface area contributed by atoms with Gasteiger partial charge >= 0.3 is 0 Å². The summed E-state index contributed by atoms with van der Waals surface area (Å²) in [6.45, 7) is 0. The quantitative estimate of drug-likeness (QED) is 0.492. The number of hydrazone groups is 1. The molecule has 7 heteroatoms. The fraction of sp³-hybridized carbons (Fsp3) is 0. The lowest BCUT2D eigenvalue weighted by Gasteiger charge is -2.00. The number of nitrogens with zero attached hydrogens (tertiary/aromatic N) is 3. The molecule has 0 unspecified atom stereocenters. The Morgan fingerprint density at radius 3 is 2.75 bits per heavy atom. The SMILES string of the molecule is N#C/C(=N/Nc1ccc(F)cc1)c1nc(-c2cccc(Br)c2)cs1. The van der Waals surface area contributed by atoms with Crippen molar-refractivity contribution in [3.63, 3.8) is 0 Å². The highest BCUT2D eigenvalue weighted by atomic mass is 79.9. The summed E-state index contributed by atoms with van der Waals surface area (Å²) in [6.07, 6.45) is 0. The van der Waals surface area contributed by atoms with Gasteiger partial charge in [-0.25, -0.2) is 9.37 Å². The molecule has 24 heavy (non-hydrogen) atoms. The van der Waals surface area contributed by atoms with E-state index in [0.717, 1.165) is 15.7 Å². The molecule has 0 radical (unpaired) electrons. The van der Waals surface area contributed by atoms with Gasteiger partial charge in [0.1, 0.15) is 11.9 Å². The molecule has 1 N–H and O–H groups in total. The first-order valence-electron chi connectivity index (χ1n) is 6.87. The van der Waals surface area contributed by atoms with E-state index in [4.69, 9.17) is 0 Å². The summed E-state index contributed by atoms with van der Waals surface area (Å²) in [6, 6.07) is 15.5. The van der Waals surface area contributed by atoms with Gasteiger partial charge in [-0.2, -0.15) is 10.4 Å². The van der Waals surface area contributed by atoms with Crippen molar-refractivity contribution in [1.82, 2.24) is 4.98 Å². The Kier molecular flexibility index (Phi) is 4.99. The molecule has 2 aromatic carbocycles. The predicted molar refractivity (Wildman–Crippen MR) is 97.4 cm³/mol. The van der Waals surface area contributed by atoms with Crippen molar-refractivity contribution >= 4 is 38.7 Å². The minimum Gasteiger partial charge on any atom is -0.277 e. The molecule has 0 aliphatic heterocycles. The van der Waals surface area contributed by atoms with Crippen LogP contribution in [-0.2, 0) is 0 Å². The molecule has 0 aliphatic carbocycles. The van der Waals surface area contributed by atoms with Gasteiger partial charge in [0, 0.05) is 15.4 Å². The molecular formula is C17H10BrFN4S. The van der Waals surface area contributed by atoms with Crippen LogP contribution in [0, 0.1) is 17.1 Å². The maximum atomic E-state index is 12.9. The molecule has 0 aliphatic rings. The summed E-state index contributed by atoms with van der Waals surface area (Å²) in [5.74, 6) is -0.330. The summed E-state index contributed by atoms with van der Waals surface area (Å²) >= 11 is 4.77. The van der Waals surface area contributed by atoms with Crippen LogP contribution in [0.2, 0.25) is 0 Å². The van der Waals surface area contributed by atoms with Gasteiger partial charge in [0.15, 0.2) is 10.7 Å². The van der Waals surface area contributed by atoms with E-state index in [1.807, 2.05) is 35.7 Å². The second-order valence-electron chi connectivity index (χ2n) is 4.74. The first-order chi connectivity index (χ1) is 11.7. The normalized spacial score (nSPS) is 11.1. The Morgan fingerprint density at radius 2 is 2.04 bits per heavy atom. The third-order valence-electron chi connectivity index (χ3n) is 3.07. The number of anilines is 1. The Balaban J connectivity index is 1.83. The first-order valence-corrected chi connectivity index (χ1v) is 8.54. The molecule has 1 heterocycles. The molecule has 0 spiro atoms. The van der Waals surface area contributed by atoms with Crippen molar-refractivity contribution in [2.45, 2.75) is 0 Å². The molecule has 0 amide bonds. The number of rotatable bonds is 4. The van der Waals surface area contributed by atoms with Gasteiger partial charge in [-0.3, -0.25) is 5.43 Å². The lowest BCUT2D eigenvalue weighted by molar-refractivity contribution is 0.628. The van der Waals surface area contributed by atoms with Crippen LogP contribution in [0.3, 0.4) is 0 Å². The molecule has 3 rings (SSSR count). The number of thiazole rings is 1. The average Bonchev–Trinajstić information content (AvgIpc) is 3.07. The number of nitrogens with one attached hydrogen (secondary N) is 1. The Labute approximate surface area is 150 Å². The zero-order chi connectivity index (χ0) is 16.9. The van der Waals surface area contributed by atoms with Crippen LogP contribution >= 0.6 is 27.3 Å². The van der Waals surface area contributed by atoms with Crippen LogP contribution in [0.1, 0.15) is 5.01 Å². The Hall–Kier alpha value is -2.56. The van der Waals surface area contributed by atoms with Crippen LogP contribution in [0.4, 0.5) is 10.1 Å². The maximum Gasteiger partial charge on any atom is 0.196 e. The van der Waals surface area contributed by atoms with E-state index in [9.17, 15) is 9.65 Å². The van der Waals surface area contributed by atoms with Gasteiger partial charge in [-0.05, 0) is 36.4 Å². The topological polar surface area (TPSA) is 61.1 Å². The van der Waals surface area contributed by atoms with Gasteiger partial charge in [0.05, 0.1) is 11.4 Å². The smallest absolute Gasteiger partial charge is 0.196 e. The van der Waals surface area contributed by atoms with Crippen molar-refractivity contribution in [2.75, 3.05) is 5.43 Å². The molecule has 0 fully saturated rings. The van der Waals surface area contributed by atoms with E-state index < -0.39 is 0 Å². The van der Waals surface area contributed by atoms with E-state index in [1.54, 1.807) is 12.1 Å². The lowest BCUT2D eigenvalue weighted by Crippen LogP contribution is -2.01. The van der Waals surface area contributed by atoms with Crippen LogP contribution < -0.4 is 5.43 Å². The van der Waals surface area contributed by atoms with Gasteiger partial charge in [-0.15, -0.1) is 11.3 Å². The van der Waals surface area contributed by atoms with Crippen LogP contribution in [-0.4, -0.2) is 10.7 Å². The van der Waals surface area contributed by atoms with Crippen LogP contribution in [0.15, 0.2) is 63.5 Å². The molecule has 0 bridgehead atoms. The molecule has 0 saturated carbocycles. The molecule has 0 atom stereocenters. The van der Waals surface area contributed by atoms with Crippen molar-refractivity contribution < 1.29 is 4.39 Å². The van der Waals surface area contributed by atoms with Gasteiger partial charge in [0.25, 0.3) is 0 Å². The van der Waals surface area contributed by atoms with Crippen LogP contribution in [0.5, 0.6) is 0 Å². The Bertz CT molecular complexity index is 928. The fourth-order valence-corrected chi connectivity index (χ4v) is 3.09. The minimum atomic E-state index is -0.330. The maximum absolute atomic E-state index is 12.9. The number of hydrogen-bond donors (Lipinski definition) is 1. The van der Waals surface area contributed by atoms with Crippen molar-refractivity contribution in [3.05, 3.63) is 69.2 Å². The molecule has 1 aromatic heterocycles. The summed E-state index contributed by atoms with van der Waals surface area (Å²) < 4.78 is 13.8. The van der Waals surface area contributed by atoms with Gasteiger partial charge in [-0.1, -0.05) is 28.1 Å². The van der Waals surface area contributed by atoms with Gasteiger partial charge in [0.2, 0.25) is 0 Å². The average molecular weight is 401 g/mol. The number of halogens is 2. The molecule has 4 nitrogen and oxygen atoms in total. The molecule has 3 aromatic rings.